The zero-order chi connectivity index (χ0) is 22.8. The van der Waals surface area contributed by atoms with Gasteiger partial charge >= 0.3 is 12.7 Å². The molecule has 3 rings (SSSR count). The molecule has 0 aliphatic carbocycles. The van der Waals surface area contributed by atoms with Crippen molar-refractivity contribution in [2.45, 2.75) is 12.7 Å². The molecule has 0 spiro atoms. The Balaban J connectivity index is 1.74. The number of hydrogen-bond donors (Lipinski definition) is 3. The average Bonchev–Trinajstić information content (AvgIpc) is 2.93. The number of nitrogens with one attached hydrogen (secondary N) is 2. The number of rotatable bonds is 4. The fourth-order valence-corrected chi connectivity index (χ4v) is 2.58. The highest BCUT2D eigenvalue weighted by Gasteiger charge is 2.32. The summed E-state index contributed by atoms with van der Waals surface area (Å²) in [6.07, 6.45) is -9.73. The highest BCUT2D eigenvalue weighted by Crippen LogP contribution is 2.38. The van der Waals surface area contributed by atoms with Gasteiger partial charge in [-0.05, 0) is 54.7 Å². The number of anilines is 1. The van der Waals surface area contributed by atoms with Gasteiger partial charge in [-0.25, -0.2) is 0 Å². The summed E-state index contributed by atoms with van der Waals surface area (Å²) in [4.78, 5) is 2.51. The van der Waals surface area contributed by atoms with E-state index in [0.29, 0.717) is 0 Å². The lowest BCUT2D eigenvalue weighted by Crippen LogP contribution is -2.17. The maximum absolute atomic E-state index is 12.4. The highest BCUT2D eigenvalue weighted by molar-refractivity contribution is 7.80. The van der Waals surface area contributed by atoms with Crippen molar-refractivity contribution in [3.8, 4) is 17.4 Å². The molecule has 0 saturated carbocycles. The number of nitrogens with zero attached hydrogens (tertiary/aromatic N) is 2. The Hall–Kier alpha value is -3.55. The standard InChI is InChI=1S/C17H10F6N4O3S/c18-16(19,20)29-9-3-1-8(2-4-9)24-15(31)27-26-13-11-7-10(30-17(21,22)23)5-6-12(11)25-14(13)28/h1-7,25,28H,(H,24,31). The minimum absolute atomic E-state index is 0.0828. The average molecular weight is 464 g/mol. The lowest BCUT2D eigenvalue weighted by Gasteiger charge is -2.09. The third kappa shape index (κ3) is 6.21. The minimum Gasteiger partial charge on any atom is -0.493 e. The van der Waals surface area contributed by atoms with E-state index < -0.39 is 30.1 Å². The molecule has 3 N–H and O–H groups in total. The number of aromatic hydroxyl groups is 1. The number of halogens is 6. The largest absolute Gasteiger partial charge is 0.573 e. The Morgan fingerprint density at radius 1 is 0.935 bits per heavy atom. The molecule has 0 amide bonds. The second-order valence-electron chi connectivity index (χ2n) is 5.78. The van der Waals surface area contributed by atoms with Gasteiger partial charge < -0.3 is 24.9 Å². The summed E-state index contributed by atoms with van der Waals surface area (Å²) in [6.45, 7) is 0. The van der Waals surface area contributed by atoms with Crippen molar-refractivity contribution in [1.82, 2.24) is 4.98 Å². The summed E-state index contributed by atoms with van der Waals surface area (Å²) in [5, 5.41) is 19.7. The monoisotopic (exact) mass is 464 g/mol. The van der Waals surface area contributed by atoms with Gasteiger partial charge in [0.25, 0.3) is 0 Å². The lowest BCUT2D eigenvalue weighted by molar-refractivity contribution is -0.275. The van der Waals surface area contributed by atoms with Crippen LogP contribution in [0.1, 0.15) is 0 Å². The van der Waals surface area contributed by atoms with Crippen LogP contribution in [-0.2, 0) is 0 Å². The molecular formula is C17H10F6N4O3S. The number of ether oxygens (including phenoxy) is 2. The number of aromatic amines is 1. The predicted octanol–water partition coefficient (Wildman–Crippen LogP) is 6.15. The Labute approximate surface area is 174 Å². The third-order valence-electron chi connectivity index (χ3n) is 3.54. The fraction of sp³-hybridized carbons (Fsp3) is 0.118. The topological polar surface area (TPSA) is 91.2 Å². The number of thiocarbonyl (C=S) groups is 1. The van der Waals surface area contributed by atoms with Crippen molar-refractivity contribution in [3.63, 3.8) is 0 Å². The SMILES string of the molecule is Oc1[nH]c2ccc(OC(F)(F)F)cc2c1N=NC(=S)Nc1ccc(OC(F)(F)F)cc1. The van der Waals surface area contributed by atoms with Gasteiger partial charge in [0.15, 0.2) is 5.69 Å². The summed E-state index contributed by atoms with van der Waals surface area (Å²) in [7, 11) is 0. The van der Waals surface area contributed by atoms with Crippen LogP contribution in [0.15, 0.2) is 52.7 Å². The highest BCUT2D eigenvalue weighted by atomic mass is 32.1. The second-order valence-corrected chi connectivity index (χ2v) is 6.17. The van der Waals surface area contributed by atoms with Gasteiger partial charge in [-0.2, -0.15) is 0 Å². The number of aromatic nitrogens is 1. The molecule has 0 unspecified atom stereocenters. The zero-order valence-electron chi connectivity index (χ0n) is 14.9. The quantitative estimate of drug-likeness (QED) is 0.245. The van der Waals surface area contributed by atoms with Crippen LogP contribution in [0.2, 0.25) is 0 Å². The molecule has 14 heteroatoms. The molecule has 1 heterocycles. The zero-order valence-corrected chi connectivity index (χ0v) is 15.7. The molecular weight excluding hydrogens is 454 g/mol. The third-order valence-corrected chi connectivity index (χ3v) is 3.72. The van der Waals surface area contributed by atoms with Crippen LogP contribution in [0.3, 0.4) is 0 Å². The van der Waals surface area contributed by atoms with E-state index in [1.165, 1.54) is 18.2 Å². The number of fused-ring (bicyclic) bond motifs is 1. The summed E-state index contributed by atoms with van der Waals surface area (Å²) >= 11 is 4.95. The molecule has 0 saturated heterocycles. The fourth-order valence-electron chi connectivity index (χ4n) is 2.42. The summed E-state index contributed by atoms with van der Waals surface area (Å²) < 4.78 is 81.3. The van der Waals surface area contributed by atoms with Gasteiger partial charge in [-0.3, -0.25) is 0 Å². The van der Waals surface area contributed by atoms with Crippen LogP contribution >= 0.6 is 12.2 Å². The van der Waals surface area contributed by atoms with Gasteiger partial charge in [-0.15, -0.1) is 36.6 Å². The van der Waals surface area contributed by atoms with Crippen molar-refractivity contribution in [2.75, 3.05) is 5.32 Å². The number of benzene rings is 2. The Bertz CT molecular complexity index is 1130. The first-order valence-electron chi connectivity index (χ1n) is 8.08. The van der Waals surface area contributed by atoms with E-state index in [-0.39, 0.29) is 27.4 Å². The molecule has 0 atom stereocenters. The number of H-pyrrole nitrogens is 1. The van der Waals surface area contributed by atoms with E-state index in [0.717, 1.165) is 24.3 Å². The van der Waals surface area contributed by atoms with Gasteiger partial charge in [0, 0.05) is 11.1 Å². The first-order valence-corrected chi connectivity index (χ1v) is 8.49. The Kier molecular flexibility index (Phi) is 5.92. The van der Waals surface area contributed by atoms with E-state index in [4.69, 9.17) is 12.2 Å². The normalized spacial score (nSPS) is 12.3. The van der Waals surface area contributed by atoms with Gasteiger partial charge in [0.05, 0.1) is 5.52 Å². The van der Waals surface area contributed by atoms with Crippen LogP contribution in [-0.4, -0.2) is 27.9 Å². The summed E-state index contributed by atoms with van der Waals surface area (Å²) in [6, 6.07) is 7.87. The molecule has 0 radical (unpaired) electrons. The number of azo groups is 1. The van der Waals surface area contributed by atoms with Crippen LogP contribution in [0.5, 0.6) is 17.4 Å². The van der Waals surface area contributed by atoms with E-state index in [1.807, 2.05) is 0 Å². The summed E-state index contributed by atoms with van der Waals surface area (Å²) in [5.74, 6) is -1.44. The molecule has 0 aliphatic rings. The minimum atomic E-state index is -4.90. The molecule has 3 aromatic rings. The van der Waals surface area contributed by atoms with Gasteiger partial charge in [0.1, 0.15) is 11.5 Å². The van der Waals surface area contributed by atoms with Crippen LogP contribution in [0.4, 0.5) is 37.7 Å². The molecule has 2 aromatic carbocycles. The van der Waals surface area contributed by atoms with Crippen molar-refractivity contribution < 1.29 is 40.9 Å². The molecule has 7 nitrogen and oxygen atoms in total. The van der Waals surface area contributed by atoms with E-state index in [9.17, 15) is 31.4 Å². The predicted molar refractivity (Wildman–Crippen MR) is 101 cm³/mol. The second kappa shape index (κ2) is 8.29. The first-order chi connectivity index (χ1) is 14.4. The van der Waals surface area contributed by atoms with Crippen molar-refractivity contribution in [3.05, 3.63) is 42.5 Å². The van der Waals surface area contributed by atoms with Gasteiger partial charge in [-0.1, -0.05) is 0 Å². The Morgan fingerprint density at radius 3 is 2.13 bits per heavy atom. The van der Waals surface area contributed by atoms with E-state index >= 15 is 0 Å². The summed E-state index contributed by atoms with van der Waals surface area (Å²) in [5.41, 5.74) is 0.336. The smallest absolute Gasteiger partial charge is 0.493 e. The van der Waals surface area contributed by atoms with Crippen molar-refractivity contribution in [2.24, 2.45) is 10.2 Å². The molecule has 0 fully saturated rings. The van der Waals surface area contributed by atoms with Crippen molar-refractivity contribution >= 4 is 39.6 Å². The van der Waals surface area contributed by atoms with E-state index in [2.05, 4.69) is 30.0 Å². The molecule has 1 aromatic heterocycles. The maximum atomic E-state index is 12.4. The molecule has 31 heavy (non-hydrogen) atoms. The Morgan fingerprint density at radius 2 is 1.52 bits per heavy atom. The van der Waals surface area contributed by atoms with Crippen LogP contribution in [0, 0.1) is 0 Å². The molecule has 0 aliphatic heterocycles. The lowest BCUT2D eigenvalue weighted by atomic mass is 10.2. The van der Waals surface area contributed by atoms with Crippen LogP contribution in [0.25, 0.3) is 10.9 Å². The number of alkyl halides is 6. The maximum Gasteiger partial charge on any atom is 0.573 e. The van der Waals surface area contributed by atoms with E-state index in [1.54, 1.807) is 0 Å². The molecule has 0 bridgehead atoms. The molecule has 164 valence electrons. The number of hydrogen-bond acceptors (Lipinski definition) is 5. The van der Waals surface area contributed by atoms with Crippen LogP contribution < -0.4 is 14.8 Å². The first kappa shape index (κ1) is 22.1. The van der Waals surface area contributed by atoms with Gasteiger partial charge in [0.2, 0.25) is 11.0 Å². The van der Waals surface area contributed by atoms with Crippen molar-refractivity contribution in [1.29, 1.82) is 0 Å².